The molecule has 2 aliphatic heterocycles. The summed E-state index contributed by atoms with van der Waals surface area (Å²) in [7, 11) is 0. The molecule has 0 amide bonds. The third kappa shape index (κ3) is 2.00. The van der Waals surface area contributed by atoms with Gasteiger partial charge in [0.05, 0.1) is 10.9 Å². The van der Waals surface area contributed by atoms with E-state index in [9.17, 15) is 0 Å². The van der Waals surface area contributed by atoms with Gasteiger partial charge in [0.1, 0.15) is 5.76 Å². The molecule has 0 bridgehead atoms. The molecule has 2 fully saturated rings. The summed E-state index contributed by atoms with van der Waals surface area (Å²) in [6.45, 7) is 4.30. The van der Waals surface area contributed by atoms with Gasteiger partial charge >= 0.3 is 0 Å². The molecule has 0 aromatic carbocycles. The maximum Gasteiger partial charge on any atom is 0.195 e. The molecule has 0 radical (unpaired) electrons. The van der Waals surface area contributed by atoms with Crippen molar-refractivity contribution in [1.29, 1.82) is 0 Å². The van der Waals surface area contributed by atoms with Crippen LogP contribution in [0.25, 0.3) is 0 Å². The first-order valence-corrected chi connectivity index (χ1v) is 7.16. The van der Waals surface area contributed by atoms with Crippen molar-refractivity contribution in [3.8, 4) is 0 Å². The van der Waals surface area contributed by atoms with E-state index in [1.165, 1.54) is 24.3 Å². The van der Waals surface area contributed by atoms with Crippen LogP contribution < -0.4 is 5.32 Å². The topological polar surface area (TPSA) is 38.1 Å². The van der Waals surface area contributed by atoms with Crippen LogP contribution in [0.2, 0.25) is 0 Å². The van der Waals surface area contributed by atoms with Crippen LogP contribution in [0.3, 0.4) is 0 Å². The number of oxazole rings is 1. The fourth-order valence-corrected chi connectivity index (χ4v) is 3.71. The van der Waals surface area contributed by atoms with Gasteiger partial charge < -0.3 is 9.73 Å². The van der Waals surface area contributed by atoms with Gasteiger partial charge in [-0.15, -0.1) is 0 Å². The Hall–Kier alpha value is -0.480. The highest BCUT2D eigenvalue weighted by Crippen LogP contribution is 2.40. The Labute approximate surface area is 100 Å². The minimum Gasteiger partial charge on any atom is -0.446 e. The van der Waals surface area contributed by atoms with Gasteiger partial charge in [-0.05, 0) is 44.5 Å². The standard InChI is InChI=1S/C12H18N2OS/c1-8-12(10-3-2-4-16-10)14-11(15-8)5-9-6-13-7-9/h9-10,13H,2-7H2,1H3. The summed E-state index contributed by atoms with van der Waals surface area (Å²) in [5.41, 5.74) is 1.21. The van der Waals surface area contributed by atoms with Crippen molar-refractivity contribution in [2.75, 3.05) is 18.8 Å². The van der Waals surface area contributed by atoms with Crippen LogP contribution in [0.15, 0.2) is 4.42 Å². The number of aromatic nitrogens is 1. The molecule has 1 unspecified atom stereocenters. The first-order valence-electron chi connectivity index (χ1n) is 6.11. The van der Waals surface area contributed by atoms with Crippen LogP contribution in [-0.4, -0.2) is 23.8 Å². The van der Waals surface area contributed by atoms with Crippen LogP contribution in [0, 0.1) is 12.8 Å². The van der Waals surface area contributed by atoms with E-state index in [1.54, 1.807) is 0 Å². The second-order valence-electron chi connectivity index (χ2n) is 4.78. The van der Waals surface area contributed by atoms with Gasteiger partial charge in [0.15, 0.2) is 5.89 Å². The predicted molar refractivity (Wildman–Crippen MR) is 65.7 cm³/mol. The molecule has 0 spiro atoms. The zero-order valence-corrected chi connectivity index (χ0v) is 10.5. The average Bonchev–Trinajstić information content (AvgIpc) is 2.80. The number of nitrogens with zero attached hydrogens (tertiary/aromatic N) is 1. The van der Waals surface area contributed by atoms with Crippen molar-refractivity contribution < 1.29 is 4.42 Å². The number of aryl methyl sites for hydroxylation is 1. The Bertz CT molecular complexity index is 367. The van der Waals surface area contributed by atoms with Gasteiger partial charge in [-0.25, -0.2) is 4.98 Å². The smallest absolute Gasteiger partial charge is 0.195 e. The highest BCUT2D eigenvalue weighted by atomic mass is 32.2. The summed E-state index contributed by atoms with van der Waals surface area (Å²) >= 11 is 2.03. The lowest BCUT2D eigenvalue weighted by atomic mass is 10.00. The Morgan fingerprint density at radius 3 is 3.00 bits per heavy atom. The summed E-state index contributed by atoms with van der Waals surface area (Å²) in [5, 5.41) is 3.88. The van der Waals surface area contributed by atoms with Gasteiger partial charge in [-0.3, -0.25) is 0 Å². The SMILES string of the molecule is Cc1oc(CC2CNC2)nc1C1CCCS1. The minimum absolute atomic E-state index is 0.594. The number of rotatable bonds is 3. The Kier molecular flexibility index (Phi) is 2.94. The maximum atomic E-state index is 5.78. The molecule has 0 aliphatic carbocycles. The van der Waals surface area contributed by atoms with Gasteiger partial charge in [-0.1, -0.05) is 0 Å². The van der Waals surface area contributed by atoms with E-state index in [0.717, 1.165) is 37.1 Å². The zero-order chi connectivity index (χ0) is 11.0. The molecule has 88 valence electrons. The third-order valence-electron chi connectivity index (χ3n) is 3.44. The van der Waals surface area contributed by atoms with Gasteiger partial charge in [0.25, 0.3) is 0 Å². The Morgan fingerprint density at radius 2 is 2.38 bits per heavy atom. The van der Waals surface area contributed by atoms with E-state index in [0.29, 0.717) is 5.25 Å². The van der Waals surface area contributed by atoms with E-state index in [1.807, 2.05) is 11.8 Å². The molecule has 16 heavy (non-hydrogen) atoms. The molecule has 1 N–H and O–H groups in total. The summed E-state index contributed by atoms with van der Waals surface area (Å²) in [4.78, 5) is 4.70. The van der Waals surface area contributed by atoms with Crippen LogP contribution in [-0.2, 0) is 6.42 Å². The molecule has 1 atom stereocenters. The van der Waals surface area contributed by atoms with Gasteiger partial charge in [0.2, 0.25) is 0 Å². The van der Waals surface area contributed by atoms with E-state index in [2.05, 4.69) is 12.2 Å². The summed E-state index contributed by atoms with van der Waals surface area (Å²) < 4.78 is 5.78. The molecule has 3 heterocycles. The molecule has 1 aromatic heterocycles. The minimum atomic E-state index is 0.594. The number of nitrogens with one attached hydrogen (secondary N) is 1. The first-order chi connectivity index (χ1) is 7.83. The van der Waals surface area contributed by atoms with Crippen LogP contribution in [0.1, 0.15) is 35.4 Å². The molecular formula is C12H18N2OS. The first kappa shape index (κ1) is 10.7. The van der Waals surface area contributed by atoms with E-state index >= 15 is 0 Å². The fraction of sp³-hybridized carbons (Fsp3) is 0.750. The third-order valence-corrected chi connectivity index (χ3v) is 4.83. The second kappa shape index (κ2) is 4.41. The summed E-state index contributed by atoms with van der Waals surface area (Å²) in [6, 6.07) is 0. The van der Waals surface area contributed by atoms with Crippen molar-refractivity contribution in [2.24, 2.45) is 5.92 Å². The van der Waals surface area contributed by atoms with E-state index in [-0.39, 0.29) is 0 Å². The summed E-state index contributed by atoms with van der Waals surface area (Å²) in [6.07, 6.45) is 3.59. The Morgan fingerprint density at radius 1 is 1.50 bits per heavy atom. The van der Waals surface area contributed by atoms with Crippen LogP contribution in [0.4, 0.5) is 0 Å². The number of hydrogen-bond acceptors (Lipinski definition) is 4. The molecular weight excluding hydrogens is 220 g/mol. The van der Waals surface area contributed by atoms with Crippen molar-refractivity contribution in [2.45, 2.75) is 31.4 Å². The lowest BCUT2D eigenvalue weighted by molar-refractivity contribution is 0.315. The lowest BCUT2D eigenvalue weighted by Crippen LogP contribution is -2.43. The maximum absolute atomic E-state index is 5.78. The van der Waals surface area contributed by atoms with Crippen molar-refractivity contribution in [3.63, 3.8) is 0 Å². The predicted octanol–water partition coefficient (Wildman–Crippen LogP) is 2.31. The van der Waals surface area contributed by atoms with Crippen LogP contribution >= 0.6 is 11.8 Å². The average molecular weight is 238 g/mol. The molecule has 2 aliphatic rings. The zero-order valence-electron chi connectivity index (χ0n) is 9.66. The van der Waals surface area contributed by atoms with E-state index < -0.39 is 0 Å². The van der Waals surface area contributed by atoms with Crippen molar-refractivity contribution in [1.82, 2.24) is 10.3 Å². The number of hydrogen-bond donors (Lipinski definition) is 1. The Balaban J connectivity index is 1.72. The van der Waals surface area contributed by atoms with Crippen molar-refractivity contribution in [3.05, 3.63) is 17.3 Å². The second-order valence-corrected chi connectivity index (χ2v) is 6.09. The molecule has 2 saturated heterocycles. The highest BCUT2D eigenvalue weighted by Gasteiger charge is 2.26. The molecule has 4 heteroatoms. The number of thioether (sulfide) groups is 1. The van der Waals surface area contributed by atoms with Gasteiger partial charge in [-0.2, -0.15) is 11.8 Å². The lowest BCUT2D eigenvalue weighted by Gasteiger charge is -2.25. The van der Waals surface area contributed by atoms with E-state index in [4.69, 9.17) is 9.40 Å². The molecule has 3 rings (SSSR count). The summed E-state index contributed by atoms with van der Waals surface area (Å²) in [5.74, 6) is 4.01. The highest BCUT2D eigenvalue weighted by molar-refractivity contribution is 7.99. The molecule has 0 saturated carbocycles. The normalized spacial score (nSPS) is 25.9. The van der Waals surface area contributed by atoms with Crippen molar-refractivity contribution >= 4 is 11.8 Å². The monoisotopic (exact) mass is 238 g/mol. The largest absolute Gasteiger partial charge is 0.446 e. The molecule has 3 nitrogen and oxygen atoms in total. The quantitative estimate of drug-likeness (QED) is 0.877. The van der Waals surface area contributed by atoms with Gasteiger partial charge in [0, 0.05) is 6.42 Å². The van der Waals surface area contributed by atoms with Crippen LogP contribution in [0.5, 0.6) is 0 Å². The molecule has 1 aromatic rings. The fourth-order valence-electron chi connectivity index (χ4n) is 2.38.